The molecule has 4 heteroatoms. The SMILES string of the molecule is CC(C)(C)c1ccc(CN2CC(N=[N+]=[N-])C2)cc1. The normalized spacial score (nSPS) is 17.1. The number of nitrogens with zero attached hydrogens (tertiary/aromatic N) is 4. The van der Waals surface area contributed by atoms with Gasteiger partial charge in [0.05, 0.1) is 6.04 Å². The van der Waals surface area contributed by atoms with Crippen molar-refractivity contribution in [1.29, 1.82) is 0 Å². The average molecular weight is 244 g/mol. The summed E-state index contributed by atoms with van der Waals surface area (Å²) in [4.78, 5) is 5.13. The van der Waals surface area contributed by atoms with Crippen LogP contribution in [-0.2, 0) is 12.0 Å². The molecular weight excluding hydrogens is 224 g/mol. The maximum absolute atomic E-state index is 8.32. The Hall–Kier alpha value is -1.51. The fourth-order valence-corrected chi connectivity index (χ4v) is 2.19. The van der Waals surface area contributed by atoms with Crippen LogP contribution >= 0.6 is 0 Å². The van der Waals surface area contributed by atoms with Crippen molar-refractivity contribution in [3.8, 4) is 0 Å². The Morgan fingerprint density at radius 3 is 2.39 bits per heavy atom. The van der Waals surface area contributed by atoms with Crippen LogP contribution in [0, 0.1) is 0 Å². The van der Waals surface area contributed by atoms with Crippen LogP contribution in [0.1, 0.15) is 31.9 Å². The van der Waals surface area contributed by atoms with Crippen molar-refractivity contribution in [1.82, 2.24) is 4.90 Å². The Balaban J connectivity index is 1.90. The van der Waals surface area contributed by atoms with Gasteiger partial charge in [-0.1, -0.05) is 50.2 Å². The average Bonchev–Trinajstić information content (AvgIpc) is 2.26. The minimum absolute atomic E-state index is 0.170. The van der Waals surface area contributed by atoms with Crippen LogP contribution in [0.2, 0.25) is 0 Å². The smallest absolute Gasteiger partial charge is 0.0628 e. The molecule has 0 saturated carbocycles. The van der Waals surface area contributed by atoms with Crippen LogP contribution in [0.4, 0.5) is 0 Å². The van der Waals surface area contributed by atoms with E-state index >= 15 is 0 Å². The Kier molecular flexibility index (Phi) is 3.60. The minimum Gasteiger partial charge on any atom is -0.298 e. The second-order valence-corrected chi connectivity index (χ2v) is 6.00. The first-order chi connectivity index (χ1) is 8.49. The van der Waals surface area contributed by atoms with Gasteiger partial charge in [-0.05, 0) is 22.1 Å². The van der Waals surface area contributed by atoms with E-state index in [1.165, 1.54) is 11.1 Å². The maximum Gasteiger partial charge on any atom is 0.0628 e. The van der Waals surface area contributed by atoms with E-state index in [0.717, 1.165) is 19.6 Å². The first-order valence-electron chi connectivity index (χ1n) is 6.35. The lowest BCUT2D eigenvalue weighted by Crippen LogP contribution is -2.48. The van der Waals surface area contributed by atoms with Gasteiger partial charge in [0.1, 0.15) is 0 Å². The highest BCUT2D eigenvalue weighted by Gasteiger charge is 2.25. The lowest BCUT2D eigenvalue weighted by molar-refractivity contribution is 0.142. The largest absolute Gasteiger partial charge is 0.298 e. The van der Waals surface area contributed by atoms with Crippen LogP contribution in [-0.4, -0.2) is 24.0 Å². The molecule has 18 heavy (non-hydrogen) atoms. The molecule has 0 radical (unpaired) electrons. The molecule has 1 aromatic carbocycles. The van der Waals surface area contributed by atoms with E-state index in [-0.39, 0.29) is 11.5 Å². The van der Waals surface area contributed by atoms with Gasteiger partial charge in [0.25, 0.3) is 0 Å². The van der Waals surface area contributed by atoms with Crippen molar-refractivity contribution in [3.63, 3.8) is 0 Å². The fourth-order valence-electron chi connectivity index (χ4n) is 2.19. The van der Waals surface area contributed by atoms with Crippen molar-refractivity contribution in [2.75, 3.05) is 13.1 Å². The molecule has 2 rings (SSSR count). The number of hydrogen-bond donors (Lipinski definition) is 0. The first kappa shape index (κ1) is 12.9. The van der Waals surface area contributed by atoms with Gasteiger partial charge in [0.2, 0.25) is 0 Å². The second kappa shape index (κ2) is 5.01. The predicted molar refractivity (Wildman–Crippen MR) is 73.4 cm³/mol. The summed E-state index contributed by atoms with van der Waals surface area (Å²) in [6.07, 6.45) is 0. The number of likely N-dealkylation sites (tertiary alicyclic amines) is 1. The molecule has 4 nitrogen and oxygen atoms in total. The molecule has 1 fully saturated rings. The second-order valence-electron chi connectivity index (χ2n) is 6.00. The zero-order valence-corrected chi connectivity index (χ0v) is 11.3. The van der Waals surface area contributed by atoms with E-state index in [1.54, 1.807) is 0 Å². The molecule has 0 spiro atoms. The lowest BCUT2D eigenvalue weighted by Gasteiger charge is -2.36. The van der Waals surface area contributed by atoms with Crippen LogP contribution in [0.3, 0.4) is 0 Å². The van der Waals surface area contributed by atoms with E-state index < -0.39 is 0 Å². The molecule has 1 saturated heterocycles. The minimum atomic E-state index is 0.170. The highest BCUT2D eigenvalue weighted by atomic mass is 15.3. The molecule has 0 unspecified atom stereocenters. The van der Waals surface area contributed by atoms with Gasteiger partial charge in [0.15, 0.2) is 0 Å². The highest BCUT2D eigenvalue weighted by Crippen LogP contribution is 2.23. The van der Waals surface area contributed by atoms with Crippen LogP contribution < -0.4 is 0 Å². The zero-order chi connectivity index (χ0) is 13.2. The summed E-state index contributed by atoms with van der Waals surface area (Å²) in [5.74, 6) is 0. The van der Waals surface area contributed by atoms with E-state index in [0.29, 0.717) is 0 Å². The summed E-state index contributed by atoms with van der Waals surface area (Å²) in [7, 11) is 0. The van der Waals surface area contributed by atoms with Crippen molar-refractivity contribution < 1.29 is 0 Å². The van der Waals surface area contributed by atoms with E-state index in [4.69, 9.17) is 5.53 Å². The predicted octanol–water partition coefficient (Wildman–Crippen LogP) is 3.48. The number of azide groups is 1. The number of hydrogen-bond acceptors (Lipinski definition) is 2. The Morgan fingerprint density at radius 2 is 1.89 bits per heavy atom. The Morgan fingerprint density at radius 1 is 1.28 bits per heavy atom. The molecule has 1 aromatic rings. The monoisotopic (exact) mass is 244 g/mol. The summed E-state index contributed by atoms with van der Waals surface area (Å²) in [5.41, 5.74) is 11.2. The molecule has 0 amide bonds. The number of rotatable bonds is 3. The molecule has 96 valence electrons. The third-order valence-corrected chi connectivity index (χ3v) is 3.38. The lowest BCUT2D eigenvalue weighted by atomic mass is 9.86. The number of benzene rings is 1. The Labute approximate surface area is 108 Å². The summed E-state index contributed by atoms with van der Waals surface area (Å²) >= 11 is 0. The summed E-state index contributed by atoms with van der Waals surface area (Å²) in [5, 5.41) is 3.71. The fraction of sp³-hybridized carbons (Fsp3) is 0.571. The standard InChI is InChI=1S/C14H20N4/c1-14(2,3)12-6-4-11(5-7-12)8-18-9-13(10-18)16-17-15/h4-7,13H,8-10H2,1-3H3. The van der Waals surface area contributed by atoms with Crippen molar-refractivity contribution >= 4 is 0 Å². The molecule has 1 aliphatic rings. The highest BCUT2D eigenvalue weighted by molar-refractivity contribution is 5.27. The van der Waals surface area contributed by atoms with Gasteiger partial charge in [-0.2, -0.15) is 0 Å². The summed E-state index contributed by atoms with van der Waals surface area (Å²) < 4.78 is 0. The quantitative estimate of drug-likeness (QED) is 0.456. The summed E-state index contributed by atoms with van der Waals surface area (Å²) in [6.45, 7) is 9.38. The molecule has 0 N–H and O–H groups in total. The molecule has 0 atom stereocenters. The van der Waals surface area contributed by atoms with Gasteiger partial charge >= 0.3 is 0 Å². The van der Waals surface area contributed by atoms with E-state index in [9.17, 15) is 0 Å². The van der Waals surface area contributed by atoms with Gasteiger partial charge < -0.3 is 0 Å². The van der Waals surface area contributed by atoms with Crippen LogP contribution in [0.5, 0.6) is 0 Å². The third-order valence-electron chi connectivity index (χ3n) is 3.38. The topological polar surface area (TPSA) is 52.0 Å². The molecule has 0 aliphatic carbocycles. The van der Waals surface area contributed by atoms with Crippen molar-refractivity contribution in [3.05, 3.63) is 45.8 Å². The third kappa shape index (κ3) is 3.03. The zero-order valence-electron chi connectivity index (χ0n) is 11.3. The Bertz CT molecular complexity index is 446. The van der Waals surface area contributed by atoms with Crippen molar-refractivity contribution in [2.24, 2.45) is 5.11 Å². The molecule has 1 heterocycles. The first-order valence-corrected chi connectivity index (χ1v) is 6.35. The van der Waals surface area contributed by atoms with Gasteiger partial charge in [-0.3, -0.25) is 4.90 Å². The van der Waals surface area contributed by atoms with Crippen LogP contribution in [0.25, 0.3) is 10.4 Å². The maximum atomic E-state index is 8.32. The molecule has 1 aliphatic heterocycles. The van der Waals surface area contributed by atoms with Crippen molar-refractivity contribution in [2.45, 2.75) is 38.8 Å². The van der Waals surface area contributed by atoms with Gasteiger partial charge in [0, 0.05) is 24.5 Å². The van der Waals surface area contributed by atoms with E-state index in [1.807, 2.05) is 0 Å². The van der Waals surface area contributed by atoms with Crippen LogP contribution in [0.15, 0.2) is 29.4 Å². The molecule has 0 bridgehead atoms. The molecule has 0 aromatic heterocycles. The summed E-state index contributed by atoms with van der Waals surface area (Å²) in [6, 6.07) is 8.98. The molecular formula is C14H20N4. The van der Waals surface area contributed by atoms with Gasteiger partial charge in [-0.15, -0.1) is 0 Å². The van der Waals surface area contributed by atoms with Gasteiger partial charge in [-0.25, -0.2) is 0 Å². The van der Waals surface area contributed by atoms with E-state index in [2.05, 4.69) is 60.0 Å².